The molecule has 17 heavy (non-hydrogen) atoms. The van der Waals surface area contributed by atoms with Gasteiger partial charge in [0, 0.05) is 23.6 Å². The molecule has 0 saturated heterocycles. The number of aryl methyl sites for hydroxylation is 1. The van der Waals surface area contributed by atoms with Gasteiger partial charge in [0.2, 0.25) is 5.89 Å². The standard InChI is InChI=1S/C11H20ClN3OS/c1-4-11(5-2,17-3)8-13-10-15-14-9(16-10)6-7-12/h4-8H2,1-3H3,(H,13,15). The molecule has 0 aliphatic heterocycles. The first-order chi connectivity index (χ1) is 8.19. The minimum absolute atomic E-state index is 0.237. The summed E-state index contributed by atoms with van der Waals surface area (Å²) in [7, 11) is 0. The van der Waals surface area contributed by atoms with E-state index < -0.39 is 0 Å². The van der Waals surface area contributed by atoms with E-state index in [-0.39, 0.29) is 4.75 Å². The number of nitrogens with one attached hydrogen (secondary N) is 1. The Hall–Kier alpha value is -0.420. The summed E-state index contributed by atoms with van der Waals surface area (Å²) in [4.78, 5) is 0. The van der Waals surface area contributed by atoms with Crippen LogP contribution in [0, 0.1) is 0 Å². The van der Waals surface area contributed by atoms with E-state index in [4.69, 9.17) is 16.0 Å². The van der Waals surface area contributed by atoms with Gasteiger partial charge >= 0.3 is 6.01 Å². The van der Waals surface area contributed by atoms with Gasteiger partial charge in [-0.1, -0.05) is 18.9 Å². The van der Waals surface area contributed by atoms with Gasteiger partial charge in [-0.05, 0) is 19.1 Å². The quantitative estimate of drug-likeness (QED) is 0.740. The Morgan fingerprint density at radius 3 is 2.59 bits per heavy atom. The van der Waals surface area contributed by atoms with Crippen LogP contribution in [0.3, 0.4) is 0 Å². The molecule has 6 heteroatoms. The minimum Gasteiger partial charge on any atom is -0.408 e. The molecule has 0 fully saturated rings. The number of anilines is 1. The number of hydrogen-bond acceptors (Lipinski definition) is 5. The molecular weight excluding hydrogens is 258 g/mol. The molecule has 1 aromatic rings. The van der Waals surface area contributed by atoms with Crippen LogP contribution in [-0.4, -0.2) is 33.6 Å². The lowest BCUT2D eigenvalue weighted by Gasteiger charge is -2.29. The lowest BCUT2D eigenvalue weighted by molar-refractivity contribution is 0.501. The zero-order valence-corrected chi connectivity index (χ0v) is 12.2. The lowest BCUT2D eigenvalue weighted by atomic mass is 10.0. The van der Waals surface area contributed by atoms with Crippen LogP contribution < -0.4 is 5.32 Å². The molecule has 0 amide bonds. The molecule has 0 saturated carbocycles. The predicted octanol–water partition coefficient (Wildman–Crippen LogP) is 3.18. The van der Waals surface area contributed by atoms with Crippen LogP contribution in [-0.2, 0) is 6.42 Å². The maximum Gasteiger partial charge on any atom is 0.315 e. The van der Waals surface area contributed by atoms with Gasteiger partial charge in [-0.15, -0.1) is 16.7 Å². The molecule has 0 aromatic carbocycles. The van der Waals surface area contributed by atoms with E-state index in [1.54, 1.807) is 0 Å². The van der Waals surface area contributed by atoms with Gasteiger partial charge in [0.05, 0.1) is 0 Å². The van der Waals surface area contributed by atoms with Crippen LogP contribution in [0.5, 0.6) is 0 Å². The van der Waals surface area contributed by atoms with Crippen molar-refractivity contribution in [2.75, 3.05) is 24.0 Å². The molecule has 4 nitrogen and oxygen atoms in total. The van der Waals surface area contributed by atoms with Gasteiger partial charge in [-0.2, -0.15) is 11.8 Å². The maximum absolute atomic E-state index is 5.61. The van der Waals surface area contributed by atoms with Crippen molar-refractivity contribution >= 4 is 29.4 Å². The topological polar surface area (TPSA) is 51.0 Å². The molecular formula is C11H20ClN3OS. The van der Waals surface area contributed by atoms with E-state index in [2.05, 4.69) is 35.6 Å². The Morgan fingerprint density at radius 1 is 1.35 bits per heavy atom. The largest absolute Gasteiger partial charge is 0.408 e. The highest BCUT2D eigenvalue weighted by atomic mass is 35.5. The summed E-state index contributed by atoms with van der Waals surface area (Å²) in [5.41, 5.74) is 0. The number of hydrogen-bond donors (Lipinski definition) is 1. The number of halogens is 1. The third-order valence-corrected chi connectivity index (χ3v) is 4.84. The fraction of sp³-hybridized carbons (Fsp3) is 0.818. The fourth-order valence-electron chi connectivity index (χ4n) is 1.60. The molecule has 0 bridgehead atoms. The average molecular weight is 278 g/mol. The SMILES string of the molecule is CCC(CC)(CNc1nnc(CCCl)o1)SC. The van der Waals surface area contributed by atoms with Crippen molar-refractivity contribution in [2.45, 2.75) is 37.9 Å². The highest BCUT2D eigenvalue weighted by Crippen LogP contribution is 2.30. The normalized spacial score (nSPS) is 11.8. The van der Waals surface area contributed by atoms with Gasteiger partial charge < -0.3 is 9.73 Å². The van der Waals surface area contributed by atoms with Gasteiger partial charge in [-0.25, -0.2) is 0 Å². The Labute approximate surface area is 112 Å². The Balaban J connectivity index is 2.53. The predicted molar refractivity (Wildman–Crippen MR) is 74.0 cm³/mol. The van der Waals surface area contributed by atoms with Crippen molar-refractivity contribution in [2.24, 2.45) is 0 Å². The van der Waals surface area contributed by atoms with Crippen LogP contribution >= 0.6 is 23.4 Å². The van der Waals surface area contributed by atoms with Gasteiger partial charge in [0.15, 0.2) is 0 Å². The third-order valence-electron chi connectivity index (χ3n) is 3.06. The number of thioether (sulfide) groups is 1. The first-order valence-corrected chi connectivity index (χ1v) is 7.63. The molecule has 1 rings (SSSR count). The second kappa shape index (κ2) is 7.11. The van der Waals surface area contributed by atoms with E-state index in [1.165, 1.54) is 0 Å². The van der Waals surface area contributed by atoms with Crippen molar-refractivity contribution < 1.29 is 4.42 Å². The zero-order valence-electron chi connectivity index (χ0n) is 10.6. The van der Waals surface area contributed by atoms with Crippen molar-refractivity contribution in [1.29, 1.82) is 0 Å². The summed E-state index contributed by atoms with van der Waals surface area (Å²) in [5, 5.41) is 11.1. The highest BCUT2D eigenvalue weighted by molar-refractivity contribution is 8.00. The van der Waals surface area contributed by atoms with E-state index in [0.717, 1.165) is 19.4 Å². The molecule has 98 valence electrons. The van der Waals surface area contributed by atoms with E-state index in [9.17, 15) is 0 Å². The van der Waals surface area contributed by atoms with E-state index in [1.807, 2.05) is 11.8 Å². The summed E-state index contributed by atoms with van der Waals surface area (Å²) in [5.74, 6) is 1.09. The summed E-state index contributed by atoms with van der Waals surface area (Å²) in [6.07, 6.45) is 4.98. The lowest BCUT2D eigenvalue weighted by Crippen LogP contribution is -2.32. The second-order valence-electron chi connectivity index (χ2n) is 3.89. The maximum atomic E-state index is 5.61. The Kier molecular flexibility index (Phi) is 6.12. The monoisotopic (exact) mass is 277 g/mol. The van der Waals surface area contributed by atoms with Gasteiger partial charge in [0.25, 0.3) is 0 Å². The first-order valence-electron chi connectivity index (χ1n) is 5.87. The van der Waals surface area contributed by atoms with Crippen molar-refractivity contribution in [3.05, 3.63) is 5.89 Å². The van der Waals surface area contributed by atoms with Crippen LogP contribution in [0.4, 0.5) is 6.01 Å². The van der Waals surface area contributed by atoms with Crippen LogP contribution in [0.2, 0.25) is 0 Å². The Morgan fingerprint density at radius 2 is 2.06 bits per heavy atom. The number of rotatable bonds is 8. The fourth-order valence-corrected chi connectivity index (χ4v) is 2.56. The molecule has 1 heterocycles. The number of aromatic nitrogens is 2. The zero-order chi connectivity index (χ0) is 12.7. The van der Waals surface area contributed by atoms with E-state index >= 15 is 0 Å². The van der Waals surface area contributed by atoms with Gasteiger partial charge in [-0.3, -0.25) is 0 Å². The second-order valence-corrected chi connectivity index (χ2v) is 5.54. The van der Waals surface area contributed by atoms with Crippen LogP contribution in [0.25, 0.3) is 0 Å². The van der Waals surface area contributed by atoms with Gasteiger partial charge in [0.1, 0.15) is 0 Å². The molecule has 0 unspecified atom stereocenters. The van der Waals surface area contributed by atoms with Crippen molar-refractivity contribution in [3.63, 3.8) is 0 Å². The summed E-state index contributed by atoms with van der Waals surface area (Å²) in [6.45, 7) is 5.24. The summed E-state index contributed by atoms with van der Waals surface area (Å²) in [6, 6.07) is 0.491. The number of alkyl halides is 1. The third kappa shape index (κ3) is 4.07. The molecule has 0 aliphatic carbocycles. The summed E-state index contributed by atoms with van der Waals surface area (Å²) >= 11 is 7.49. The highest BCUT2D eigenvalue weighted by Gasteiger charge is 2.25. The molecule has 0 aliphatic rings. The van der Waals surface area contributed by atoms with E-state index in [0.29, 0.717) is 24.2 Å². The van der Waals surface area contributed by atoms with Crippen LogP contribution in [0.15, 0.2) is 4.42 Å². The molecule has 0 atom stereocenters. The Bertz CT molecular complexity index is 320. The number of nitrogens with zero attached hydrogens (tertiary/aromatic N) is 2. The average Bonchev–Trinajstić information content (AvgIpc) is 2.80. The molecule has 0 spiro atoms. The van der Waals surface area contributed by atoms with Crippen molar-refractivity contribution in [3.8, 4) is 0 Å². The van der Waals surface area contributed by atoms with Crippen molar-refractivity contribution in [1.82, 2.24) is 10.2 Å². The first kappa shape index (κ1) is 14.6. The summed E-state index contributed by atoms with van der Waals surface area (Å²) < 4.78 is 5.66. The molecule has 0 radical (unpaired) electrons. The smallest absolute Gasteiger partial charge is 0.315 e. The van der Waals surface area contributed by atoms with Crippen LogP contribution in [0.1, 0.15) is 32.6 Å². The molecule has 1 aromatic heterocycles. The minimum atomic E-state index is 0.237. The molecule has 1 N–H and O–H groups in total.